The second kappa shape index (κ2) is 6.75. The summed E-state index contributed by atoms with van der Waals surface area (Å²) in [6.07, 6.45) is 1.74. The van der Waals surface area contributed by atoms with Crippen LogP contribution in [0.1, 0.15) is 12.5 Å². The summed E-state index contributed by atoms with van der Waals surface area (Å²) in [7, 11) is 1.91. The summed E-state index contributed by atoms with van der Waals surface area (Å²) >= 11 is 0. The number of rotatable bonds is 6. The summed E-state index contributed by atoms with van der Waals surface area (Å²) in [4.78, 5) is 4.20. The van der Waals surface area contributed by atoms with Gasteiger partial charge in [-0.25, -0.2) is 4.98 Å². The van der Waals surface area contributed by atoms with Gasteiger partial charge in [0.1, 0.15) is 11.5 Å². The van der Waals surface area contributed by atoms with Crippen LogP contribution < -0.4 is 14.8 Å². The highest BCUT2D eigenvalue weighted by Crippen LogP contribution is 2.24. The van der Waals surface area contributed by atoms with Crippen LogP contribution >= 0.6 is 0 Å². The van der Waals surface area contributed by atoms with E-state index < -0.39 is 0 Å². The number of hydrogen-bond donors (Lipinski definition) is 1. The largest absolute Gasteiger partial charge is 0.494 e. The summed E-state index contributed by atoms with van der Waals surface area (Å²) in [5, 5.41) is 3.10. The third kappa shape index (κ3) is 3.96. The number of aromatic nitrogens is 1. The molecule has 1 aromatic carbocycles. The van der Waals surface area contributed by atoms with Gasteiger partial charge >= 0.3 is 0 Å². The van der Waals surface area contributed by atoms with Gasteiger partial charge in [-0.15, -0.1) is 0 Å². The second-order valence-corrected chi connectivity index (χ2v) is 4.04. The Labute approximate surface area is 113 Å². The first kappa shape index (κ1) is 13.4. The maximum Gasteiger partial charge on any atom is 0.219 e. The Morgan fingerprint density at radius 1 is 1.16 bits per heavy atom. The highest BCUT2D eigenvalue weighted by atomic mass is 16.5. The lowest BCUT2D eigenvalue weighted by Crippen LogP contribution is -2.05. The van der Waals surface area contributed by atoms with Crippen LogP contribution in [-0.4, -0.2) is 18.6 Å². The van der Waals surface area contributed by atoms with E-state index in [1.807, 2.05) is 50.4 Å². The van der Waals surface area contributed by atoms with Gasteiger partial charge < -0.3 is 14.8 Å². The van der Waals surface area contributed by atoms with Gasteiger partial charge in [-0.3, -0.25) is 0 Å². The minimum Gasteiger partial charge on any atom is -0.494 e. The van der Waals surface area contributed by atoms with Crippen LogP contribution in [0, 0.1) is 0 Å². The quantitative estimate of drug-likeness (QED) is 0.865. The van der Waals surface area contributed by atoms with Gasteiger partial charge in [0.25, 0.3) is 0 Å². The summed E-state index contributed by atoms with van der Waals surface area (Å²) in [5.41, 5.74) is 1.13. The number of hydrogen-bond acceptors (Lipinski definition) is 4. The molecule has 1 aromatic heterocycles. The first-order chi connectivity index (χ1) is 9.31. The third-order valence-corrected chi connectivity index (χ3v) is 2.52. The maximum absolute atomic E-state index is 5.73. The molecule has 0 aliphatic carbocycles. The predicted octanol–water partition coefficient (Wildman–Crippen LogP) is 2.99. The lowest BCUT2D eigenvalue weighted by atomic mass is 10.2. The van der Waals surface area contributed by atoms with Crippen LogP contribution in [0.4, 0.5) is 0 Å². The van der Waals surface area contributed by atoms with Crippen LogP contribution in [0.3, 0.4) is 0 Å². The monoisotopic (exact) mass is 258 g/mol. The van der Waals surface area contributed by atoms with Crippen LogP contribution in [-0.2, 0) is 6.54 Å². The Bertz CT molecular complexity index is 482. The Kier molecular flexibility index (Phi) is 4.75. The Morgan fingerprint density at radius 2 is 2.00 bits per heavy atom. The molecule has 0 radical (unpaired) electrons. The Hall–Kier alpha value is -2.07. The summed E-state index contributed by atoms with van der Waals surface area (Å²) in [5.74, 6) is 2.10. The molecule has 0 aliphatic rings. The summed E-state index contributed by atoms with van der Waals surface area (Å²) in [6, 6.07) is 11.4. The van der Waals surface area contributed by atoms with Crippen molar-refractivity contribution in [2.75, 3.05) is 13.7 Å². The molecule has 0 aliphatic heterocycles. The molecule has 0 spiro atoms. The zero-order valence-electron chi connectivity index (χ0n) is 11.2. The van der Waals surface area contributed by atoms with Crippen molar-refractivity contribution in [1.82, 2.24) is 10.3 Å². The topological polar surface area (TPSA) is 43.4 Å². The minimum absolute atomic E-state index is 0.585. The van der Waals surface area contributed by atoms with Crippen molar-refractivity contribution >= 4 is 0 Å². The molecule has 0 unspecified atom stereocenters. The average molecular weight is 258 g/mol. The molecule has 4 nitrogen and oxygen atoms in total. The SMILES string of the molecule is CCOc1cccc(Oc2cc(CNC)ccn2)c1. The zero-order chi connectivity index (χ0) is 13.5. The first-order valence-electron chi connectivity index (χ1n) is 6.32. The van der Waals surface area contributed by atoms with E-state index in [1.165, 1.54) is 0 Å². The fourth-order valence-electron chi connectivity index (χ4n) is 1.74. The number of nitrogens with one attached hydrogen (secondary N) is 1. The molecule has 19 heavy (non-hydrogen) atoms. The molecule has 4 heteroatoms. The van der Waals surface area contributed by atoms with Gasteiger partial charge in [0, 0.05) is 24.9 Å². The summed E-state index contributed by atoms with van der Waals surface area (Å²) in [6.45, 7) is 3.38. The molecule has 0 saturated heterocycles. The van der Waals surface area contributed by atoms with E-state index in [2.05, 4.69) is 10.3 Å². The lowest BCUT2D eigenvalue weighted by molar-refractivity contribution is 0.338. The van der Waals surface area contributed by atoms with Gasteiger partial charge in [-0.05, 0) is 37.7 Å². The first-order valence-corrected chi connectivity index (χ1v) is 6.32. The van der Waals surface area contributed by atoms with Crippen LogP contribution in [0.25, 0.3) is 0 Å². The molecule has 1 heterocycles. The highest BCUT2D eigenvalue weighted by molar-refractivity contribution is 5.35. The fourth-order valence-corrected chi connectivity index (χ4v) is 1.74. The lowest BCUT2D eigenvalue weighted by Gasteiger charge is -2.08. The van der Waals surface area contributed by atoms with Crippen molar-refractivity contribution < 1.29 is 9.47 Å². The van der Waals surface area contributed by atoms with Gasteiger partial charge in [-0.1, -0.05) is 6.07 Å². The summed E-state index contributed by atoms with van der Waals surface area (Å²) < 4.78 is 11.2. The van der Waals surface area contributed by atoms with Crippen molar-refractivity contribution in [1.29, 1.82) is 0 Å². The number of ether oxygens (including phenoxy) is 2. The number of pyridine rings is 1. The van der Waals surface area contributed by atoms with Crippen LogP contribution in [0.2, 0.25) is 0 Å². The zero-order valence-corrected chi connectivity index (χ0v) is 11.2. The minimum atomic E-state index is 0.585. The predicted molar refractivity (Wildman–Crippen MR) is 74.7 cm³/mol. The molecule has 2 rings (SSSR count). The molecule has 0 fully saturated rings. The normalized spacial score (nSPS) is 10.2. The van der Waals surface area contributed by atoms with E-state index in [0.717, 1.165) is 23.6 Å². The third-order valence-electron chi connectivity index (χ3n) is 2.52. The van der Waals surface area contributed by atoms with E-state index >= 15 is 0 Å². The molecule has 0 saturated carbocycles. The molecule has 1 N–H and O–H groups in total. The van der Waals surface area contributed by atoms with Crippen molar-refractivity contribution in [3.8, 4) is 17.4 Å². The molecule has 0 bridgehead atoms. The van der Waals surface area contributed by atoms with E-state index in [4.69, 9.17) is 9.47 Å². The maximum atomic E-state index is 5.73. The average Bonchev–Trinajstić information content (AvgIpc) is 2.40. The van der Waals surface area contributed by atoms with Crippen molar-refractivity contribution in [3.63, 3.8) is 0 Å². The van der Waals surface area contributed by atoms with Crippen molar-refractivity contribution in [2.24, 2.45) is 0 Å². The van der Waals surface area contributed by atoms with Crippen molar-refractivity contribution in [2.45, 2.75) is 13.5 Å². The number of nitrogens with zero attached hydrogens (tertiary/aromatic N) is 1. The van der Waals surface area contributed by atoms with Crippen molar-refractivity contribution in [3.05, 3.63) is 48.2 Å². The van der Waals surface area contributed by atoms with E-state index in [9.17, 15) is 0 Å². The smallest absolute Gasteiger partial charge is 0.219 e. The van der Waals surface area contributed by atoms with Gasteiger partial charge in [0.05, 0.1) is 6.61 Å². The highest BCUT2D eigenvalue weighted by Gasteiger charge is 2.02. The molecule has 0 atom stereocenters. The second-order valence-electron chi connectivity index (χ2n) is 4.04. The molecule has 0 amide bonds. The van der Waals surface area contributed by atoms with Gasteiger partial charge in [0.2, 0.25) is 5.88 Å². The van der Waals surface area contributed by atoms with E-state index in [1.54, 1.807) is 6.20 Å². The standard InChI is InChI=1S/C15H18N2O2/c1-3-18-13-5-4-6-14(10-13)19-15-9-12(11-16-2)7-8-17-15/h4-10,16H,3,11H2,1-2H3. The van der Waals surface area contributed by atoms with Crippen LogP contribution in [0.15, 0.2) is 42.6 Å². The molecular weight excluding hydrogens is 240 g/mol. The molecule has 100 valence electrons. The Morgan fingerprint density at radius 3 is 2.79 bits per heavy atom. The molecule has 2 aromatic rings. The molecular formula is C15H18N2O2. The Balaban J connectivity index is 2.11. The van der Waals surface area contributed by atoms with E-state index in [0.29, 0.717) is 12.5 Å². The fraction of sp³-hybridized carbons (Fsp3) is 0.267. The van der Waals surface area contributed by atoms with Crippen LogP contribution in [0.5, 0.6) is 17.4 Å². The number of benzene rings is 1. The van der Waals surface area contributed by atoms with Gasteiger partial charge in [-0.2, -0.15) is 0 Å². The van der Waals surface area contributed by atoms with Gasteiger partial charge in [0.15, 0.2) is 0 Å². The van der Waals surface area contributed by atoms with E-state index in [-0.39, 0.29) is 0 Å².